The Morgan fingerprint density at radius 3 is 2.62 bits per heavy atom. The molecular weight excluding hydrogens is 203 g/mol. The van der Waals surface area contributed by atoms with Crippen LogP contribution in [0.4, 0.5) is 4.39 Å². The molecule has 0 bridgehead atoms. The molecule has 2 unspecified atom stereocenters. The van der Waals surface area contributed by atoms with Gasteiger partial charge in [0.05, 0.1) is 6.10 Å². The van der Waals surface area contributed by atoms with Gasteiger partial charge in [-0.2, -0.15) is 0 Å². The summed E-state index contributed by atoms with van der Waals surface area (Å²) in [6.45, 7) is 1.90. The van der Waals surface area contributed by atoms with Crippen LogP contribution in [-0.4, -0.2) is 11.2 Å². The highest BCUT2D eigenvalue weighted by Crippen LogP contribution is 2.32. The van der Waals surface area contributed by atoms with Gasteiger partial charge in [-0.05, 0) is 43.0 Å². The van der Waals surface area contributed by atoms with Gasteiger partial charge in [-0.25, -0.2) is 4.39 Å². The van der Waals surface area contributed by atoms with Gasteiger partial charge in [0.15, 0.2) is 0 Å². The molecule has 2 atom stereocenters. The van der Waals surface area contributed by atoms with Crippen molar-refractivity contribution in [1.29, 1.82) is 0 Å². The maximum absolute atomic E-state index is 13.3. The van der Waals surface area contributed by atoms with Crippen LogP contribution >= 0.6 is 0 Å². The molecule has 1 saturated carbocycles. The van der Waals surface area contributed by atoms with Crippen LogP contribution in [0.15, 0.2) is 18.2 Å². The fourth-order valence-electron chi connectivity index (χ4n) is 2.66. The maximum atomic E-state index is 13.3. The molecular formula is C14H19FO. The molecule has 0 radical (unpaired) electrons. The molecule has 0 spiro atoms. The molecule has 1 nitrogen and oxygen atoms in total. The Balaban J connectivity index is 2.26. The lowest BCUT2D eigenvalue weighted by Crippen LogP contribution is -2.17. The first-order valence-electron chi connectivity index (χ1n) is 6.12. The molecule has 0 aromatic heterocycles. The number of aliphatic hydroxyl groups is 1. The summed E-state index contributed by atoms with van der Waals surface area (Å²) < 4.78 is 13.3. The predicted molar refractivity (Wildman–Crippen MR) is 63.0 cm³/mol. The summed E-state index contributed by atoms with van der Waals surface area (Å²) in [7, 11) is 0. The third-order valence-corrected chi connectivity index (χ3v) is 3.47. The van der Waals surface area contributed by atoms with E-state index in [2.05, 4.69) is 0 Å². The van der Waals surface area contributed by atoms with Crippen molar-refractivity contribution in [2.24, 2.45) is 0 Å². The Morgan fingerprint density at radius 2 is 1.88 bits per heavy atom. The van der Waals surface area contributed by atoms with Crippen molar-refractivity contribution in [1.82, 2.24) is 0 Å². The van der Waals surface area contributed by atoms with Gasteiger partial charge in [-0.1, -0.05) is 25.3 Å². The Kier molecular flexibility index (Phi) is 3.59. The van der Waals surface area contributed by atoms with E-state index in [0.29, 0.717) is 0 Å². The number of rotatable bonds is 1. The summed E-state index contributed by atoms with van der Waals surface area (Å²) >= 11 is 0. The zero-order valence-electron chi connectivity index (χ0n) is 9.75. The summed E-state index contributed by atoms with van der Waals surface area (Å²) in [5.74, 6) is -0.0663. The van der Waals surface area contributed by atoms with Gasteiger partial charge < -0.3 is 5.11 Å². The second-order valence-electron chi connectivity index (χ2n) is 4.87. The number of halogens is 1. The average Bonchev–Trinajstić information content (AvgIpc) is 2.41. The lowest BCUT2D eigenvalue weighted by atomic mass is 9.88. The number of hydrogen-bond acceptors (Lipinski definition) is 1. The third kappa shape index (κ3) is 2.62. The van der Waals surface area contributed by atoms with Gasteiger partial charge in [0.1, 0.15) is 5.82 Å². The molecule has 1 aliphatic carbocycles. The molecule has 0 heterocycles. The van der Waals surface area contributed by atoms with Crippen molar-refractivity contribution in [3.8, 4) is 0 Å². The quantitative estimate of drug-likeness (QED) is 0.720. The summed E-state index contributed by atoms with van der Waals surface area (Å²) in [5, 5.41) is 10.1. The minimum atomic E-state index is -0.302. The molecule has 2 heteroatoms. The maximum Gasteiger partial charge on any atom is 0.123 e. The molecule has 88 valence electrons. The van der Waals surface area contributed by atoms with E-state index in [1.54, 1.807) is 6.07 Å². The fourth-order valence-corrected chi connectivity index (χ4v) is 2.66. The van der Waals surface area contributed by atoms with Crippen LogP contribution in [0, 0.1) is 12.7 Å². The molecule has 1 aromatic carbocycles. The molecule has 2 rings (SSSR count). The first-order valence-corrected chi connectivity index (χ1v) is 6.12. The van der Waals surface area contributed by atoms with Gasteiger partial charge >= 0.3 is 0 Å². The predicted octanol–water partition coefficient (Wildman–Crippen LogP) is 3.54. The van der Waals surface area contributed by atoms with Crippen LogP contribution in [0.3, 0.4) is 0 Å². The SMILES string of the molecule is Cc1cc(F)cc(C2CCCCCC2O)c1. The Morgan fingerprint density at radius 1 is 1.12 bits per heavy atom. The van der Waals surface area contributed by atoms with Crippen LogP contribution in [0.2, 0.25) is 0 Å². The standard InChI is InChI=1S/C14H19FO/c1-10-7-11(9-12(15)8-10)13-5-3-2-4-6-14(13)16/h7-9,13-14,16H,2-6H2,1H3. The molecule has 0 aliphatic heterocycles. The second-order valence-corrected chi connectivity index (χ2v) is 4.87. The van der Waals surface area contributed by atoms with Crippen molar-refractivity contribution < 1.29 is 9.50 Å². The Labute approximate surface area is 96.3 Å². The smallest absolute Gasteiger partial charge is 0.123 e. The first kappa shape index (κ1) is 11.6. The van der Waals surface area contributed by atoms with E-state index >= 15 is 0 Å². The van der Waals surface area contributed by atoms with Crippen LogP contribution in [0.25, 0.3) is 0 Å². The van der Waals surface area contributed by atoms with E-state index in [-0.39, 0.29) is 17.8 Å². The van der Waals surface area contributed by atoms with Gasteiger partial charge in [0, 0.05) is 5.92 Å². The van der Waals surface area contributed by atoms with E-state index in [1.165, 1.54) is 12.5 Å². The topological polar surface area (TPSA) is 20.2 Å². The molecule has 0 amide bonds. The highest BCUT2D eigenvalue weighted by Gasteiger charge is 2.23. The third-order valence-electron chi connectivity index (χ3n) is 3.47. The summed E-state index contributed by atoms with van der Waals surface area (Å²) in [6, 6.07) is 5.11. The zero-order valence-corrected chi connectivity index (χ0v) is 9.75. The summed E-state index contributed by atoms with van der Waals surface area (Å²) in [5.41, 5.74) is 1.90. The fraction of sp³-hybridized carbons (Fsp3) is 0.571. The van der Waals surface area contributed by atoms with Crippen LogP contribution < -0.4 is 0 Å². The van der Waals surface area contributed by atoms with Crippen molar-refractivity contribution in [2.75, 3.05) is 0 Å². The van der Waals surface area contributed by atoms with Crippen LogP contribution in [-0.2, 0) is 0 Å². The van der Waals surface area contributed by atoms with Gasteiger partial charge in [-0.3, -0.25) is 0 Å². The largest absolute Gasteiger partial charge is 0.392 e. The van der Waals surface area contributed by atoms with E-state index in [1.807, 2.05) is 13.0 Å². The van der Waals surface area contributed by atoms with Crippen molar-refractivity contribution in [3.63, 3.8) is 0 Å². The van der Waals surface area contributed by atoms with E-state index in [4.69, 9.17) is 0 Å². The number of benzene rings is 1. The average molecular weight is 222 g/mol. The van der Waals surface area contributed by atoms with Crippen molar-refractivity contribution in [2.45, 2.75) is 51.0 Å². The lowest BCUT2D eigenvalue weighted by molar-refractivity contribution is 0.135. The van der Waals surface area contributed by atoms with Crippen LogP contribution in [0.5, 0.6) is 0 Å². The van der Waals surface area contributed by atoms with Crippen molar-refractivity contribution in [3.05, 3.63) is 35.1 Å². The van der Waals surface area contributed by atoms with E-state index < -0.39 is 0 Å². The normalized spacial score (nSPS) is 26.4. The van der Waals surface area contributed by atoms with Crippen molar-refractivity contribution >= 4 is 0 Å². The zero-order chi connectivity index (χ0) is 11.5. The minimum absolute atomic E-state index is 0.122. The molecule has 16 heavy (non-hydrogen) atoms. The Bertz CT molecular complexity index is 342. The molecule has 1 N–H and O–H groups in total. The molecule has 0 saturated heterocycles. The number of aliphatic hydroxyl groups excluding tert-OH is 1. The minimum Gasteiger partial charge on any atom is -0.392 e. The summed E-state index contributed by atoms with van der Waals surface area (Å²) in [4.78, 5) is 0. The first-order chi connectivity index (χ1) is 7.66. The Hall–Kier alpha value is -0.890. The van der Waals surface area contributed by atoms with E-state index in [9.17, 15) is 9.50 Å². The number of aryl methyl sites for hydroxylation is 1. The van der Waals surface area contributed by atoms with Crippen LogP contribution in [0.1, 0.15) is 49.1 Å². The van der Waals surface area contributed by atoms with Gasteiger partial charge in [0.2, 0.25) is 0 Å². The highest BCUT2D eigenvalue weighted by molar-refractivity contribution is 5.27. The summed E-state index contributed by atoms with van der Waals surface area (Å²) in [6.07, 6.45) is 4.93. The molecule has 1 aromatic rings. The van der Waals surface area contributed by atoms with Gasteiger partial charge in [-0.15, -0.1) is 0 Å². The molecule has 1 aliphatic rings. The monoisotopic (exact) mass is 222 g/mol. The van der Waals surface area contributed by atoms with Gasteiger partial charge in [0.25, 0.3) is 0 Å². The number of hydrogen-bond donors (Lipinski definition) is 1. The molecule has 1 fully saturated rings. The highest BCUT2D eigenvalue weighted by atomic mass is 19.1. The second kappa shape index (κ2) is 4.96. The van der Waals surface area contributed by atoms with E-state index in [0.717, 1.165) is 36.8 Å². The lowest BCUT2D eigenvalue weighted by Gasteiger charge is -2.21.